The summed E-state index contributed by atoms with van der Waals surface area (Å²) in [5.41, 5.74) is 9.70. The van der Waals surface area contributed by atoms with Crippen LogP contribution in [-0.2, 0) is 5.41 Å². The van der Waals surface area contributed by atoms with E-state index in [1.807, 2.05) is 0 Å². The third kappa shape index (κ3) is 3.01. The van der Waals surface area contributed by atoms with Crippen molar-refractivity contribution in [2.24, 2.45) is 5.73 Å². The van der Waals surface area contributed by atoms with E-state index in [0.717, 1.165) is 5.75 Å². The quantitative estimate of drug-likeness (QED) is 0.872. The van der Waals surface area contributed by atoms with E-state index in [4.69, 9.17) is 10.5 Å². The van der Waals surface area contributed by atoms with Gasteiger partial charge in [0, 0.05) is 0 Å². The zero-order chi connectivity index (χ0) is 13.2. The van der Waals surface area contributed by atoms with Crippen LogP contribution in [0.15, 0.2) is 12.1 Å². The van der Waals surface area contributed by atoms with Crippen LogP contribution in [0.4, 0.5) is 0 Å². The van der Waals surface area contributed by atoms with Crippen LogP contribution in [0.1, 0.15) is 50.3 Å². The van der Waals surface area contributed by atoms with E-state index in [9.17, 15) is 0 Å². The molecule has 1 unspecified atom stereocenters. The summed E-state index contributed by atoms with van der Waals surface area (Å²) in [6, 6.07) is 4.38. The van der Waals surface area contributed by atoms with Crippen LogP contribution in [0.3, 0.4) is 0 Å². The molecule has 1 aromatic carbocycles. The fourth-order valence-electron chi connectivity index (χ4n) is 2.11. The van der Waals surface area contributed by atoms with Crippen LogP contribution in [0.2, 0.25) is 0 Å². The van der Waals surface area contributed by atoms with Crippen molar-refractivity contribution in [2.75, 3.05) is 13.7 Å². The Morgan fingerprint density at radius 2 is 1.88 bits per heavy atom. The minimum Gasteiger partial charge on any atom is -0.496 e. The van der Waals surface area contributed by atoms with Crippen molar-refractivity contribution in [2.45, 2.75) is 46.0 Å². The van der Waals surface area contributed by atoms with Crippen LogP contribution in [-0.4, -0.2) is 13.7 Å². The highest BCUT2D eigenvalue weighted by Crippen LogP contribution is 2.35. The summed E-state index contributed by atoms with van der Waals surface area (Å²) in [4.78, 5) is 0. The molecule has 0 amide bonds. The minimum absolute atomic E-state index is 0.0854. The number of rotatable bonds is 3. The second-order valence-corrected chi connectivity index (χ2v) is 5.80. The van der Waals surface area contributed by atoms with Crippen molar-refractivity contribution in [3.05, 3.63) is 28.8 Å². The van der Waals surface area contributed by atoms with E-state index in [-0.39, 0.29) is 5.41 Å². The van der Waals surface area contributed by atoms with E-state index in [1.165, 1.54) is 16.7 Å². The van der Waals surface area contributed by atoms with Gasteiger partial charge >= 0.3 is 0 Å². The molecule has 1 rings (SSSR count). The lowest BCUT2D eigenvalue weighted by Crippen LogP contribution is -2.16. The summed E-state index contributed by atoms with van der Waals surface area (Å²) in [6.45, 7) is 11.6. The molecule has 96 valence electrons. The molecule has 0 aliphatic carbocycles. The lowest BCUT2D eigenvalue weighted by Gasteiger charge is -2.25. The molecule has 2 heteroatoms. The lowest BCUT2D eigenvalue weighted by atomic mass is 9.82. The normalized spacial score (nSPS) is 13.6. The first-order valence-corrected chi connectivity index (χ1v) is 6.20. The molecule has 0 aliphatic heterocycles. The molecule has 2 N–H and O–H groups in total. The molecule has 0 fully saturated rings. The van der Waals surface area contributed by atoms with Gasteiger partial charge in [-0.25, -0.2) is 0 Å². The van der Waals surface area contributed by atoms with E-state index in [1.54, 1.807) is 7.11 Å². The molecule has 0 heterocycles. The smallest absolute Gasteiger partial charge is 0.122 e. The Morgan fingerprint density at radius 3 is 2.29 bits per heavy atom. The summed E-state index contributed by atoms with van der Waals surface area (Å²) >= 11 is 0. The molecule has 0 bridgehead atoms. The minimum atomic E-state index is 0.0854. The summed E-state index contributed by atoms with van der Waals surface area (Å²) in [5, 5.41) is 0. The van der Waals surface area contributed by atoms with Crippen LogP contribution in [0.5, 0.6) is 5.75 Å². The van der Waals surface area contributed by atoms with Crippen LogP contribution >= 0.6 is 0 Å². The van der Waals surface area contributed by atoms with E-state index >= 15 is 0 Å². The molecule has 0 spiro atoms. The van der Waals surface area contributed by atoms with Crippen molar-refractivity contribution in [1.29, 1.82) is 0 Å². The van der Waals surface area contributed by atoms with E-state index in [0.29, 0.717) is 12.5 Å². The zero-order valence-corrected chi connectivity index (χ0v) is 11.9. The monoisotopic (exact) mass is 235 g/mol. The number of nitrogens with two attached hydrogens (primary N) is 1. The summed E-state index contributed by atoms with van der Waals surface area (Å²) in [7, 11) is 1.73. The highest BCUT2D eigenvalue weighted by molar-refractivity contribution is 5.46. The van der Waals surface area contributed by atoms with Gasteiger partial charge in [-0.1, -0.05) is 33.8 Å². The Bertz CT molecular complexity index is 391. The SMILES string of the molecule is COc1cc(C)c(C(C)CN)cc1C(C)(C)C. The number of benzene rings is 1. The van der Waals surface area contributed by atoms with Gasteiger partial charge in [0.15, 0.2) is 0 Å². The Labute approximate surface area is 105 Å². The average Bonchev–Trinajstić information content (AvgIpc) is 2.25. The van der Waals surface area contributed by atoms with Gasteiger partial charge < -0.3 is 10.5 Å². The molecule has 2 nitrogen and oxygen atoms in total. The molecule has 0 saturated carbocycles. The maximum absolute atomic E-state index is 5.77. The fourth-order valence-corrected chi connectivity index (χ4v) is 2.11. The average molecular weight is 235 g/mol. The molecule has 0 saturated heterocycles. The summed E-state index contributed by atoms with van der Waals surface area (Å²) in [6.07, 6.45) is 0. The van der Waals surface area contributed by atoms with Gasteiger partial charge in [-0.2, -0.15) is 0 Å². The Morgan fingerprint density at radius 1 is 1.29 bits per heavy atom. The summed E-state index contributed by atoms with van der Waals surface area (Å²) < 4.78 is 5.49. The third-order valence-electron chi connectivity index (χ3n) is 3.28. The summed E-state index contributed by atoms with van der Waals surface area (Å²) in [5.74, 6) is 1.37. The van der Waals surface area contributed by atoms with Crippen LogP contribution < -0.4 is 10.5 Å². The number of methoxy groups -OCH3 is 1. The van der Waals surface area contributed by atoms with Crippen molar-refractivity contribution < 1.29 is 4.74 Å². The largest absolute Gasteiger partial charge is 0.496 e. The predicted molar refractivity (Wildman–Crippen MR) is 73.9 cm³/mol. The second-order valence-electron chi connectivity index (χ2n) is 5.80. The van der Waals surface area contributed by atoms with E-state index < -0.39 is 0 Å². The predicted octanol–water partition coefficient (Wildman–Crippen LogP) is 3.36. The lowest BCUT2D eigenvalue weighted by molar-refractivity contribution is 0.396. The highest BCUT2D eigenvalue weighted by Gasteiger charge is 2.21. The maximum atomic E-state index is 5.77. The van der Waals surface area contributed by atoms with Crippen molar-refractivity contribution in [3.8, 4) is 5.75 Å². The third-order valence-corrected chi connectivity index (χ3v) is 3.28. The molecule has 0 aromatic heterocycles. The number of ether oxygens (including phenoxy) is 1. The molecule has 1 aromatic rings. The number of hydrogen-bond donors (Lipinski definition) is 1. The van der Waals surface area contributed by atoms with Crippen molar-refractivity contribution >= 4 is 0 Å². The first kappa shape index (κ1) is 14.0. The number of aryl methyl sites for hydroxylation is 1. The van der Waals surface area contributed by atoms with Gasteiger partial charge in [-0.05, 0) is 47.6 Å². The molecule has 0 aliphatic rings. The van der Waals surface area contributed by atoms with E-state index in [2.05, 4.69) is 46.8 Å². The first-order valence-electron chi connectivity index (χ1n) is 6.20. The zero-order valence-electron chi connectivity index (χ0n) is 11.9. The van der Waals surface area contributed by atoms with Gasteiger partial charge in [0.2, 0.25) is 0 Å². The first-order chi connectivity index (χ1) is 7.81. The molecule has 0 radical (unpaired) electrons. The maximum Gasteiger partial charge on any atom is 0.122 e. The van der Waals surface area contributed by atoms with Crippen LogP contribution in [0.25, 0.3) is 0 Å². The Balaban J connectivity index is 3.38. The Kier molecular flexibility index (Phi) is 4.21. The molecular formula is C15H25NO. The van der Waals surface area contributed by atoms with Gasteiger partial charge in [0.1, 0.15) is 5.75 Å². The molecule has 17 heavy (non-hydrogen) atoms. The standard InChI is InChI=1S/C15H25NO/c1-10-7-14(17-6)13(15(3,4)5)8-12(10)11(2)9-16/h7-8,11H,9,16H2,1-6H3. The van der Waals surface area contributed by atoms with Gasteiger partial charge in [-0.3, -0.25) is 0 Å². The van der Waals surface area contributed by atoms with Crippen molar-refractivity contribution in [1.82, 2.24) is 0 Å². The Hall–Kier alpha value is -1.02. The molecular weight excluding hydrogens is 210 g/mol. The van der Waals surface area contributed by atoms with Crippen molar-refractivity contribution in [3.63, 3.8) is 0 Å². The molecule has 1 atom stereocenters. The van der Waals surface area contributed by atoms with Gasteiger partial charge in [0.05, 0.1) is 7.11 Å². The topological polar surface area (TPSA) is 35.2 Å². The fraction of sp³-hybridized carbons (Fsp3) is 0.600. The second kappa shape index (κ2) is 5.09. The number of hydrogen-bond acceptors (Lipinski definition) is 2. The van der Waals surface area contributed by atoms with Crippen LogP contribution in [0, 0.1) is 6.92 Å². The highest BCUT2D eigenvalue weighted by atomic mass is 16.5. The van der Waals surface area contributed by atoms with Gasteiger partial charge in [-0.15, -0.1) is 0 Å². The van der Waals surface area contributed by atoms with Gasteiger partial charge in [0.25, 0.3) is 0 Å².